The lowest BCUT2D eigenvalue weighted by atomic mass is 10.0. The predicted octanol–water partition coefficient (Wildman–Crippen LogP) is 12.3. The third-order valence-corrected chi connectivity index (χ3v) is 10.1. The van der Waals surface area contributed by atoms with Crippen molar-refractivity contribution in [3.05, 3.63) is 201 Å². The van der Waals surface area contributed by atoms with Gasteiger partial charge in [0.2, 0.25) is 0 Å². The molecule has 0 atom stereocenters. The summed E-state index contributed by atoms with van der Waals surface area (Å²) in [5.74, 6) is 0. The summed E-state index contributed by atoms with van der Waals surface area (Å²) in [7, 11) is 0. The van der Waals surface area contributed by atoms with Gasteiger partial charge in [0.1, 0.15) is 0 Å². The van der Waals surface area contributed by atoms with Gasteiger partial charge in [0, 0.05) is 75.6 Å². The first-order valence-electron chi connectivity index (χ1n) is 17.8. The Labute approximate surface area is 307 Å². The zero-order valence-corrected chi connectivity index (χ0v) is 28.8. The number of aromatic nitrogens is 4. The van der Waals surface area contributed by atoms with Crippen molar-refractivity contribution in [1.82, 2.24) is 19.1 Å². The van der Waals surface area contributed by atoms with Gasteiger partial charge in [-0.05, 0) is 125 Å². The van der Waals surface area contributed by atoms with Gasteiger partial charge in [-0.1, -0.05) is 66.7 Å². The molecule has 4 aromatic heterocycles. The van der Waals surface area contributed by atoms with Gasteiger partial charge in [-0.3, -0.25) is 9.97 Å². The Morgan fingerprint density at radius 3 is 1.68 bits per heavy atom. The third-order valence-electron chi connectivity index (χ3n) is 10.1. The molecule has 5 nitrogen and oxygen atoms in total. The maximum Gasteiger partial charge on any atom is 0.0548 e. The maximum atomic E-state index is 4.35. The fraction of sp³-hybridized carbons (Fsp3) is 0. The molecule has 0 aliphatic carbocycles. The Morgan fingerprint density at radius 2 is 1.00 bits per heavy atom. The minimum atomic E-state index is 1.07. The fourth-order valence-corrected chi connectivity index (χ4v) is 7.66. The molecule has 0 amide bonds. The molecule has 0 unspecified atom stereocenters. The Morgan fingerprint density at radius 1 is 0.396 bits per heavy atom. The van der Waals surface area contributed by atoms with Crippen LogP contribution in [0.25, 0.3) is 66.3 Å². The molecule has 0 fully saturated rings. The number of hydrogen-bond acceptors (Lipinski definition) is 3. The van der Waals surface area contributed by atoms with Crippen LogP contribution in [0.1, 0.15) is 0 Å². The van der Waals surface area contributed by atoms with E-state index in [4.69, 9.17) is 0 Å². The van der Waals surface area contributed by atoms with Crippen LogP contribution in [-0.4, -0.2) is 19.1 Å². The van der Waals surface area contributed by atoms with Crippen LogP contribution in [0.3, 0.4) is 0 Å². The van der Waals surface area contributed by atoms with Crippen LogP contribution < -0.4 is 4.90 Å². The second-order valence-electron chi connectivity index (χ2n) is 13.2. The summed E-state index contributed by atoms with van der Waals surface area (Å²) < 4.78 is 4.68. The lowest BCUT2D eigenvalue weighted by molar-refractivity contribution is 1.13. The lowest BCUT2D eigenvalue weighted by Crippen LogP contribution is -2.10. The highest BCUT2D eigenvalue weighted by Crippen LogP contribution is 2.43. The molecule has 10 rings (SSSR count). The van der Waals surface area contributed by atoms with E-state index < -0.39 is 0 Å². The van der Waals surface area contributed by atoms with Crippen molar-refractivity contribution in [2.75, 3.05) is 4.90 Å². The Hall–Kier alpha value is -7.24. The normalized spacial score (nSPS) is 11.4. The standard InChI is InChI=1S/C48H33N5/c1-3-9-38(10-4-1)51-31-27-43-45(51)23-24-47-48(43)44-32-42(21-22-46(44)53(47)39-11-5-2-6-12-39)52(40-17-13-34(14-18-40)36-25-29-49-30-26-36)41-19-15-35(16-20-41)37-8-7-28-50-33-37/h1-33H. The molecule has 0 saturated heterocycles. The maximum absolute atomic E-state index is 4.35. The van der Waals surface area contributed by atoms with Gasteiger partial charge < -0.3 is 14.0 Å². The first kappa shape index (κ1) is 30.6. The molecule has 250 valence electrons. The highest BCUT2D eigenvalue weighted by atomic mass is 15.1. The number of pyridine rings is 2. The van der Waals surface area contributed by atoms with Crippen LogP contribution in [0.2, 0.25) is 0 Å². The van der Waals surface area contributed by atoms with E-state index in [0.717, 1.165) is 56.2 Å². The average molecular weight is 680 g/mol. The Kier molecular flexibility index (Phi) is 7.40. The molecule has 5 heteroatoms. The second-order valence-corrected chi connectivity index (χ2v) is 13.2. The van der Waals surface area contributed by atoms with Crippen molar-refractivity contribution in [3.63, 3.8) is 0 Å². The molecular weight excluding hydrogens is 647 g/mol. The van der Waals surface area contributed by atoms with Gasteiger partial charge in [-0.15, -0.1) is 0 Å². The van der Waals surface area contributed by atoms with Crippen LogP contribution in [0, 0.1) is 0 Å². The number of rotatable bonds is 7. The molecule has 0 radical (unpaired) electrons. The molecule has 0 aliphatic rings. The quantitative estimate of drug-likeness (QED) is 0.168. The highest BCUT2D eigenvalue weighted by molar-refractivity contribution is 6.22. The summed E-state index contributed by atoms with van der Waals surface area (Å²) in [6.45, 7) is 0. The van der Waals surface area contributed by atoms with Gasteiger partial charge >= 0.3 is 0 Å². The first-order chi connectivity index (χ1) is 26.3. The van der Waals surface area contributed by atoms with Crippen molar-refractivity contribution in [1.29, 1.82) is 0 Å². The van der Waals surface area contributed by atoms with E-state index in [2.05, 4.69) is 182 Å². The number of para-hydroxylation sites is 2. The molecule has 6 aromatic carbocycles. The zero-order valence-electron chi connectivity index (χ0n) is 28.8. The minimum Gasteiger partial charge on any atom is -0.317 e. The lowest BCUT2D eigenvalue weighted by Gasteiger charge is -2.26. The summed E-state index contributed by atoms with van der Waals surface area (Å²) in [6, 6.07) is 60.7. The summed E-state index contributed by atoms with van der Waals surface area (Å²) in [6.07, 6.45) is 9.59. The van der Waals surface area contributed by atoms with Crippen LogP contribution >= 0.6 is 0 Å². The van der Waals surface area contributed by atoms with Gasteiger partial charge in [0.25, 0.3) is 0 Å². The Balaban J connectivity index is 1.19. The van der Waals surface area contributed by atoms with Gasteiger partial charge in [-0.2, -0.15) is 0 Å². The van der Waals surface area contributed by atoms with Crippen LogP contribution in [-0.2, 0) is 0 Å². The van der Waals surface area contributed by atoms with Crippen LogP contribution in [0.15, 0.2) is 201 Å². The van der Waals surface area contributed by atoms with E-state index in [9.17, 15) is 0 Å². The van der Waals surface area contributed by atoms with E-state index in [1.54, 1.807) is 0 Å². The van der Waals surface area contributed by atoms with Crippen LogP contribution in [0.4, 0.5) is 17.1 Å². The molecule has 0 spiro atoms. The molecule has 53 heavy (non-hydrogen) atoms. The molecule has 10 aromatic rings. The number of hydrogen-bond donors (Lipinski definition) is 0. The number of anilines is 3. The summed E-state index contributed by atoms with van der Waals surface area (Å²) in [5.41, 5.74) is 13.5. The van der Waals surface area contributed by atoms with E-state index in [1.165, 1.54) is 27.2 Å². The number of nitrogens with zero attached hydrogens (tertiary/aromatic N) is 5. The van der Waals surface area contributed by atoms with Crippen LogP contribution in [0.5, 0.6) is 0 Å². The summed E-state index contributed by atoms with van der Waals surface area (Å²) in [4.78, 5) is 10.9. The van der Waals surface area contributed by atoms with Crippen molar-refractivity contribution >= 4 is 49.8 Å². The second kappa shape index (κ2) is 12.8. The summed E-state index contributed by atoms with van der Waals surface area (Å²) in [5, 5.41) is 3.65. The number of benzene rings is 6. The first-order valence-corrected chi connectivity index (χ1v) is 17.8. The van der Waals surface area contributed by atoms with E-state index >= 15 is 0 Å². The average Bonchev–Trinajstić information content (AvgIpc) is 3.82. The van der Waals surface area contributed by atoms with E-state index in [-0.39, 0.29) is 0 Å². The Bertz CT molecular complexity index is 2760. The molecule has 0 bridgehead atoms. The largest absolute Gasteiger partial charge is 0.317 e. The molecular formula is C48H33N5. The highest BCUT2D eigenvalue weighted by Gasteiger charge is 2.20. The SMILES string of the molecule is c1ccc(-n2ccc3c4c5cc(N(c6ccc(-c7ccncc7)cc6)c6ccc(-c7cccnc7)cc6)ccc5n(-c5ccccc5)c4ccc32)cc1. The molecule has 0 saturated carbocycles. The van der Waals surface area contributed by atoms with E-state index in [1.807, 2.05) is 43.0 Å². The third kappa shape index (κ3) is 5.34. The molecule has 0 aliphatic heterocycles. The van der Waals surface area contributed by atoms with Crippen molar-refractivity contribution in [2.24, 2.45) is 0 Å². The molecule has 4 heterocycles. The fourth-order valence-electron chi connectivity index (χ4n) is 7.66. The minimum absolute atomic E-state index is 1.07. The monoisotopic (exact) mass is 679 g/mol. The zero-order chi connectivity index (χ0) is 35.1. The summed E-state index contributed by atoms with van der Waals surface area (Å²) >= 11 is 0. The smallest absolute Gasteiger partial charge is 0.0548 e. The van der Waals surface area contributed by atoms with Crippen molar-refractivity contribution in [2.45, 2.75) is 0 Å². The predicted molar refractivity (Wildman–Crippen MR) is 219 cm³/mol. The van der Waals surface area contributed by atoms with Gasteiger partial charge in [-0.25, -0.2) is 0 Å². The number of fused-ring (bicyclic) bond motifs is 5. The van der Waals surface area contributed by atoms with E-state index in [0.29, 0.717) is 0 Å². The topological polar surface area (TPSA) is 38.9 Å². The van der Waals surface area contributed by atoms with Crippen molar-refractivity contribution in [3.8, 4) is 33.6 Å². The van der Waals surface area contributed by atoms with Gasteiger partial charge in [0.05, 0.1) is 16.6 Å². The molecule has 0 N–H and O–H groups in total. The van der Waals surface area contributed by atoms with Crippen molar-refractivity contribution < 1.29 is 0 Å². The van der Waals surface area contributed by atoms with Gasteiger partial charge in [0.15, 0.2) is 0 Å².